The SMILES string of the molecule is CC(C)n1ccnc1OC(=O)O. The molecule has 1 rings (SSSR count). The highest BCUT2D eigenvalue weighted by Gasteiger charge is 2.09. The lowest BCUT2D eigenvalue weighted by Crippen LogP contribution is -2.10. The van der Waals surface area contributed by atoms with Crippen molar-refractivity contribution in [2.24, 2.45) is 0 Å². The van der Waals surface area contributed by atoms with E-state index in [1.54, 1.807) is 10.8 Å². The van der Waals surface area contributed by atoms with Gasteiger partial charge in [0, 0.05) is 18.4 Å². The van der Waals surface area contributed by atoms with Crippen molar-refractivity contribution < 1.29 is 14.6 Å². The number of rotatable bonds is 2. The van der Waals surface area contributed by atoms with Gasteiger partial charge in [-0.1, -0.05) is 0 Å². The van der Waals surface area contributed by atoms with E-state index in [0.717, 1.165) is 0 Å². The first-order chi connectivity index (χ1) is 5.61. The van der Waals surface area contributed by atoms with Crippen LogP contribution in [0, 0.1) is 0 Å². The molecule has 1 heterocycles. The van der Waals surface area contributed by atoms with Gasteiger partial charge in [0.15, 0.2) is 0 Å². The van der Waals surface area contributed by atoms with E-state index >= 15 is 0 Å². The number of carboxylic acid groups (broad SMARTS) is 1. The molecule has 5 heteroatoms. The van der Waals surface area contributed by atoms with Crippen molar-refractivity contribution in [1.82, 2.24) is 9.55 Å². The molecule has 0 aliphatic rings. The first kappa shape index (κ1) is 8.58. The fraction of sp³-hybridized carbons (Fsp3) is 0.429. The molecule has 0 fully saturated rings. The number of nitrogens with zero attached hydrogens (tertiary/aromatic N) is 2. The summed E-state index contributed by atoms with van der Waals surface area (Å²) in [5.41, 5.74) is 0. The van der Waals surface area contributed by atoms with Gasteiger partial charge in [0.2, 0.25) is 0 Å². The van der Waals surface area contributed by atoms with Gasteiger partial charge in [-0.25, -0.2) is 9.78 Å². The van der Waals surface area contributed by atoms with Crippen molar-refractivity contribution in [2.45, 2.75) is 19.9 Å². The van der Waals surface area contributed by atoms with E-state index in [9.17, 15) is 4.79 Å². The molecule has 0 atom stereocenters. The summed E-state index contributed by atoms with van der Waals surface area (Å²) in [5, 5.41) is 8.32. The monoisotopic (exact) mass is 170 g/mol. The van der Waals surface area contributed by atoms with Crippen molar-refractivity contribution in [2.75, 3.05) is 0 Å². The zero-order valence-corrected chi connectivity index (χ0v) is 6.89. The van der Waals surface area contributed by atoms with Crippen LogP contribution in [0.4, 0.5) is 4.79 Å². The number of carbonyl (C=O) groups is 1. The van der Waals surface area contributed by atoms with E-state index in [4.69, 9.17) is 5.11 Å². The molecule has 0 aliphatic heterocycles. The van der Waals surface area contributed by atoms with Gasteiger partial charge in [-0.2, -0.15) is 0 Å². The Kier molecular flexibility index (Phi) is 2.32. The Labute approximate surface area is 69.6 Å². The summed E-state index contributed by atoms with van der Waals surface area (Å²) in [6, 6.07) is 0.249. The smallest absolute Gasteiger partial charge is 0.449 e. The predicted octanol–water partition coefficient (Wildman–Crippen LogP) is 1.52. The first-order valence-electron chi connectivity index (χ1n) is 3.55. The number of hydrogen-bond acceptors (Lipinski definition) is 3. The maximum atomic E-state index is 10.2. The van der Waals surface area contributed by atoms with E-state index in [2.05, 4.69) is 9.72 Å². The van der Waals surface area contributed by atoms with Crippen LogP contribution in [-0.4, -0.2) is 20.8 Å². The van der Waals surface area contributed by atoms with E-state index < -0.39 is 6.16 Å². The molecule has 0 aliphatic carbocycles. The molecule has 0 bridgehead atoms. The van der Waals surface area contributed by atoms with Crippen molar-refractivity contribution in [3.63, 3.8) is 0 Å². The van der Waals surface area contributed by atoms with Crippen LogP contribution in [0.3, 0.4) is 0 Å². The van der Waals surface area contributed by atoms with Crippen molar-refractivity contribution in [3.05, 3.63) is 12.4 Å². The Morgan fingerprint density at radius 2 is 2.42 bits per heavy atom. The summed E-state index contributed by atoms with van der Waals surface area (Å²) < 4.78 is 6.05. The minimum absolute atomic E-state index is 0.109. The van der Waals surface area contributed by atoms with Gasteiger partial charge in [-0.05, 0) is 13.8 Å². The van der Waals surface area contributed by atoms with E-state index in [0.29, 0.717) is 0 Å². The summed E-state index contributed by atoms with van der Waals surface area (Å²) in [6.07, 6.45) is 1.82. The van der Waals surface area contributed by atoms with Gasteiger partial charge >= 0.3 is 12.2 Å². The molecular formula is C7H10N2O3. The quantitative estimate of drug-likeness (QED) is 0.683. The average Bonchev–Trinajstić information content (AvgIpc) is 2.33. The van der Waals surface area contributed by atoms with Gasteiger partial charge in [0.05, 0.1) is 0 Å². The maximum Gasteiger partial charge on any atom is 0.513 e. The van der Waals surface area contributed by atoms with Crippen LogP contribution >= 0.6 is 0 Å². The fourth-order valence-corrected chi connectivity index (χ4v) is 0.850. The van der Waals surface area contributed by atoms with Crippen LogP contribution < -0.4 is 4.74 Å². The summed E-state index contributed by atoms with van der Waals surface area (Å²) in [5.74, 6) is 0. The maximum absolute atomic E-state index is 10.2. The van der Waals surface area contributed by atoms with Gasteiger partial charge in [0.1, 0.15) is 0 Å². The second kappa shape index (κ2) is 3.25. The molecule has 0 amide bonds. The highest BCUT2D eigenvalue weighted by Crippen LogP contribution is 2.14. The molecule has 0 spiro atoms. The zero-order valence-electron chi connectivity index (χ0n) is 6.89. The topological polar surface area (TPSA) is 64.4 Å². The largest absolute Gasteiger partial charge is 0.513 e. The fourth-order valence-electron chi connectivity index (χ4n) is 0.850. The summed E-state index contributed by atoms with van der Waals surface area (Å²) in [4.78, 5) is 13.9. The molecule has 0 radical (unpaired) electrons. The Morgan fingerprint density at radius 3 is 2.92 bits per heavy atom. The molecule has 66 valence electrons. The molecule has 1 N–H and O–H groups in total. The van der Waals surface area contributed by atoms with Crippen LogP contribution in [0.2, 0.25) is 0 Å². The summed E-state index contributed by atoms with van der Waals surface area (Å²) >= 11 is 0. The van der Waals surface area contributed by atoms with E-state index in [-0.39, 0.29) is 12.1 Å². The van der Waals surface area contributed by atoms with Crippen LogP contribution in [-0.2, 0) is 0 Å². The van der Waals surface area contributed by atoms with E-state index in [1.807, 2.05) is 13.8 Å². The molecule has 1 aromatic rings. The first-order valence-corrected chi connectivity index (χ1v) is 3.55. The molecule has 12 heavy (non-hydrogen) atoms. The van der Waals surface area contributed by atoms with Gasteiger partial charge in [-0.3, -0.25) is 4.57 Å². The molecule has 1 aromatic heterocycles. The highest BCUT2D eigenvalue weighted by atomic mass is 16.7. The van der Waals surface area contributed by atoms with Crippen molar-refractivity contribution in [1.29, 1.82) is 0 Å². The van der Waals surface area contributed by atoms with Crippen LogP contribution in [0.15, 0.2) is 12.4 Å². The Bertz CT molecular complexity index is 280. The van der Waals surface area contributed by atoms with Crippen molar-refractivity contribution >= 4 is 6.16 Å². The van der Waals surface area contributed by atoms with Crippen LogP contribution in [0.1, 0.15) is 19.9 Å². The predicted molar refractivity (Wildman–Crippen MR) is 41.3 cm³/mol. The molecular weight excluding hydrogens is 160 g/mol. The van der Waals surface area contributed by atoms with Crippen LogP contribution in [0.5, 0.6) is 6.01 Å². The molecule has 0 unspecified atom stereocenters. The third-order valence-corrected chi connectivity index (χ3v) is 1.37. The third kappa shape index (κ3) is 1.75. The summed E-state index contributed by atoms with van der Waals surface area (Å²) in [7, 11) is 0. The van der Waals surface area contributed by atoms with Gasteiger partial charge in [0.25, 0.3) is 0 Å². The minimum atomic E-state index is -1.34. The minimum Gasteiger partial charge on any atom is -0.449 e. The highest BCUT2D eigenvalue weighted by molar-refractivity contribution is 5.59. The molecule has 0 aromatic carbocycles. The lowest BCUT2D eigenvalue weighted by molar-refractivity contribution is 0.138. The number of imidazole rings is 1. The summed E-state index contributed by atoms with van der Waals surface area (Å²) in [6.45, 7) is 3.83. The number of hydrogen-bond donors (Lipinski definition) is 1. The molecule has 0 saturated heterocycles. The van der Waals surface area contributed by atoms with E-state index in [1.165, 1.54) is 6.20 Å². The molecule has 0 saturated carbocycles. The van der Waals surface area contributed by atoms with Crippen molar-refractivity contribution in [3.8, 4) is 6.01 Å². The standard InChI is InChI=1S/C7H10N2O3/c1-5(2)9-4-3-8-6(9)12-7(10)11/h3-5H,1-2H3,(H,10,11). The third-order valence-electron chi connectivity index (χ3n) is 1.37. The number of aromatic nitrogens is 2. The molecule has 5 nitrogen and oxygen atoms in total. The van der Waals surface area contributed by atoms with Gasteiger partial charge in [-0.15, -0.1) is 0 Å². The average molecular weight is 170 g/mol. The lowest BCUT2D eigenvalue weighted by atomic mass is 10.4. The lowest BCUT2D eigenvalue weighted by Gasteiger charge is -2.08. The van der Waals surface area contributed by atoms with Gasteiger partial charge < -0.3 is 9.84 Å². The second-order valence-electron chi connectivity index (χ2n) is 2.58. The Hall–Kier alpha value is -1.52. The zero-order chi connectivity index (χ0) is 9.14. The van der Waals surface area contributed by atoms with Crippen LogP contribution in [0.25, 0.3) is 0 Å². The number of ether oxygens (including phenoxy) is 1. The Balaban J connectivity index is 2.84. The normalized spacial score (nSPS) is 10.2. The Morgan fingerprint density at radius 1 is 1.75 bits per heavy atom. The second-order valence-corrected chi connectivity index (χ2v) is 2.58.